The van der Waals surface area contributed by atoms with Crippen molar-refractivity contribution in [2.24, 2.45) is 11.8 Å². The number of likely N-dealkylation sites (tertiary alicyclic amines) is 1. The lowest BCUT2D eigenvalue weighted by Crippen LogP contribution is -2.47. The van der Waals surface area contributed by atoms with Crippen molar-refractivity contribution in [2.45, 2.75) is 32.2 Å². The second kappa shape index (κ2) is 5.04. The first-order valence-corrected chi connectivity index (χ1v) is 6.28. The number of carboxylic acid groups (broad SMARTS) is 1. The summed E-state index contributed by atoms with van der Waals surface area (Å²) in [6.07, 6.45) is 3.87. The van der Waals surface area contributed by atoms with Gasteiger partial charge in [0.2, 0.25) is 5.91 Å². The van der Waals surface area contributed by atoms with Crippen molar-refractivity contribution in [3.63, 3.8) is 0 Å². The monoisotopic (exact) mass is 240 g/mol. The van der Waals surface area contributed by atoms with Gasteiger partial charge < -0.3 is 15.3 Å². The molecule has 5 nitrogen and oxygen atoms in total. The number of nitrogens with one attached hydrogen (secondary N) is 1. The summed E-state index contributed by atoms with van der Waals surface area (Å²) >= 11 is 0. The van der Waals surface area contributed by atoms with Gasteiger partial charge in [0, 0.05) is 26.6 Å². The van der Waals surface area contributed by atoms with E-state index >= 15 is 0 Å². The molecule has 3 unspecified atom stereocenters. The van der Waals surface area contributed by atoms with Gasteiger partial charge in [0.15, 0.2) is 0 Å². The summed E-state index contributed by atoms with van der Waals surface area (Å²) in [4.78, 5) is 24.1. The molecule has 0 aromatic rings. The minimum Gasteiger partial charge on any atom is -0.480 e. The minimum absolute atomic E-state index is 0.281. The Hall–Kier alpha value is -1.10. The van der Waals surface area contributed by atoms with E-state index in [1.165, 1.54) is 26.2 Å². The van der Waals surface area contributed by atoms with E-state index in [-0.39, 0.29) is 5.91 Å². The molecule has 5 heteroatoms. The SMILES string of the molecule is CC(=O)NC(CN1CC2CCCC2C1)C(=O)O. The lowest BCUT2D eigenvalue weighted by molar-refractivity contribution is -0.142. The number of fused-ring (bicyclic) bond motifs is 1. The number of amides is 1. The topological polar surface area (TPSA) is 69.6 Å². The Morgan fingerprint density at radius 2 is 1.94 bits per heavy atom. The lowest BCUT2D eigenvalue weighted by Gasteiger charge is -2.21. The predicted molar refractivity (Wildman–Crippen MR) is 62.5 cm³/mol. The van der Waals surface area contributed by atoms with Gasteiger partial charge in [-0.25, -0.2) is 4.79 Å². The second-order valence-electron chi connectivity index (χ2n) is 5.26. The first-order chi connectivity index (χ1) is 8.06. The summed E-state index contributed by atoms with van der Waals surface area (Å²) in [5, 5.41) is 11.5. The molecule has 0 bridgehead atoms. The van der Waals surface area contributed by atoms with Crippen LogP contribution in [0.1, 0.15) is 26.2 Å². The third-order valence-electron chi connectivity index (χ3n) is 3.92. The third-order valence-corrected chi connectivity index (χ3v) is 3.92. The molecule has 1 amide bonds. The van der Waals surface area contributed by atoms with E-state index in [4.69, 9.17) is 5.11 Å². The molecule has 96 valence electrons. The molecule has 2 fully saturated rings. The number of aliphatic carboxylic acids is 1. The molecule has 2 rings (SSSR count). The zero-order chi connectivity index (χ0) is 12.4. The number of rotatable bonds is 4. The lowest BCUT2D eigenvalue weighted by atomic mass is 10.0. The molecule has 1 aliphatic heterocycles. The minimum atomic E-state index is -0.947. The Morgan fingerprint density at radius 1 is 1.35 bits per heavy atom. The smallest absolute Gasteiger partial charge is 0.327 e. The predicted octanol–water partition coefficient (Wildman–Crippen LogP) is 0.308. The average molecular weight is 240 g/mol. The molecule has 0 aromatic carbocycles. The first kappa shape index (κ1) is 12.4. The highest BCUT2D eigenvalue weighted by atomic mass is 16.4. The fourth-order valence-corrected chi connectivity index (χ4v) is 3.17. The molecule has 1 saturated carbocycles. The summed E-state index contributed by atoms with van der Waals surface area (Å²) in [5.41, 5.74) is 0. The van der Waals surface area contributed by atoms with Crippen molar-refractivity contribution >= 4 is 11.9 Å². The zero-order valence-electron chi connectivity index (χ0n) is 10.2. The summed E-state index contributed by atoms with van der Waals surface area (Å²) in [5.74, 6) is 0.276. The van der Waals surface area contributed by atoms with E-state index in [1.807, 2.05) is 0 Å². The van der Waals surface area contributed by atoms with Gasteiger partial charge in [0.05, 0.1) is 0 Å². The molecular weight excluding hydrogens is 220 g/mol. The van der Waals surface area contributed by atoms with Crippen molar-refractivity contribution in [1.29, 1.82) is 0 Å². The largest absolute Gasteiger partial charge is 0.480 e. The standard InChI is InChI=1S/C12H20N2O3/c1-8(15)13-11(12(16)17)7-14-5-9-3-2-4-10(9)6-14/h9-11H,2-7H2,1H3,(H,13,15)(H,16,17). The molecule has 2 N–H and O–H groups in total. The molecule has 2 aliphatic rings. The number of hydrogen-bond acceptors (Lipinski definition) is 3. The van der Waals surface area contributed by atoms with E-state index in [1.54, 1.807) is 0 Å². The molecule has 17 heavy (non-hydrogen) atoms. The molecule has 1 heterocycles. The van der Waals surface area contributed by atoms with Gasteiger partial charge in [-0.05, 0) is 24.7 Å². The Bertz CT molecular complexity index is 307. The number of nitrogens with zero attached hydrogens (tertiary/aromatic N) is 1. The highest BCUT2D eigenvalue weighted by molar-refractivity contribution is 5.82. The average Bonchev–Trinajstić information content (AvgIpc) is 2.75. The van der Waals surface area contributed by atoms with Crippen LogP contribution in [0.15, 0.2) is 0 Å². The van der Waals surface area contributed by atoms with Crippen LogP contribution in [-0.2, 0) is 9.59 Å². The number of carbonyl (C=O) groups is 2. The fraction of sp³-hybridized carbons (Fsp3) is 0.833. The van der Waals surface area contributed by atoms with Crippen LogP contribution in [0.5, 0.6) is 0 Å². The molecule has 0 spiro atoms. The Balaban J connectivity index is 1.86. The van der Waals surface area contributed by atoms with E-state index in [2.05, 4.69) is 10.2 Å². The highest BCUT2D eigenvalue weighted by Crippen LogP contribution is 2.37. The summed E-state index contributed by atoms with van der Waals surface area (Å²) in [7, 11) is 0. The van der Waals surface area contributed by atoms with Crippen LogP contribution in [0.25, 0.3) is 0 Å². The second-order valence-corrected chi connectivity index (χ2v) is 5.26. The van der Waals surface area contributed by atoms with E-state index in [0.29, 0.717) is 6.54 Å². The van der Waals surface area contributed by atoms with Crippen molar-refractivity contribution in [1.82, 2.24) is 10.2 Å². The van der Waals surface area contributed by atoms with Gasteiger partial charge in [-0.15, -0.1) is 0 Å². The summed E-state index contributed by atoms with van der Waals surface area (Å²) in [6.45, 7) is 3.78. The Morgan fingerprint density at radius 3 is 2.41 bits per heavy atom. The van der Waals surface area contributed by atoms with Crippen molar-refractivity contribution in [2.75, 3.05) is 19.6 Å². The number of hydrogen-bond donors (Lipinski definition) is 2. The molecule has 0 aromatic heterocycles. The van der Waals surface area contributed by atoms with Crippen molar-refractivity contribution in [3.8, 4) is 0 Å². The van der Waals surface area contributed by atoms with Crippen LogP contribution in [0.2, 0.25) is 0 Å². The van der Waals surface area contributed by atoms with Crippen LogP contribution in [0, 0.1) is 11.8 Å². The van der Waals surface area contributed by atoms with Crippen LogP contribution in [0.3, 0.4) is 0 Å². The van der Waals surface area contributed by atoms with Crippen molar-refractivity contribution < 1.29 is 14.7 Å². The molecule has 3 atom stereocenters. The fourth-order valence-electron chi connectivity index (χ4n) is 3.17. The number of carbonyl (C=O) groups excluding carboxylic acids is 1. The third kappa shape index (κ3) is 2.97. The first-order valence-electron chi connectivity index (χ1n) is 6.28. The maximum absolute atomic E-state index is 11.0. The molecule has 1 saturated heterocycles. The number of carboxylic acids is 1. The van der Waals surface area contributed by atoms with Gasteiger partial charge in [-0.2, -0.15) is 0 Å². The van der Waals surface area contributed by atoms with Crippen LogP contribution < -0.4 is 5.32 Å². The quantitative estimate of drug-likeness (QED) is 0.742. The summed E-state index contributed by atoms with van der Waals surface area (Å²) in [6, 6.07) is -0.772. The maximum Gasteiger partial charge on any atom is 0.327 e. The summed E-state index contributed by atoms with van der Waals surface area (Å²) < 4.78 is 0. The van der Waals surface area contributed by atoms with E-state index < -0.39 is 12.0 Å². The normalized spacial score (nSPS) is 29.9. The molecule has 0 radical (unpaired) electrons. The highest BCUT2D eigenvalue weighted by Gasteiger charge is 2.37. The Labute approximate surface area is 101 Å². The van der Waals surface area contributed by atoms with Gasteiger partial charge in [-0.1, -0.05) is 6.42 Å². The van der Waals surface area contributed by atoms with Gasteiger partial charge in [-0.3, -0.25) is 4.79 Å². The van der Waals surface area contributed by atoms with E-state index in [9.17, 15) is 9.59 Å². The molecular formula is C12H20N2O3. The van der Waals surface area contributed by atoms with Crippen LogP contribution in [0.4, 0.5) is 0 Å². The Kier molecular flexibility index (Phi) is 3.66. The van der Waals surface area contributed by atoms with Crippen LogP contribution in [-0.4, -0.2) is 47.6 Å². The maximum atomic E-state index is 11.0. The molecule has 1 aliphatic carbocycles. The van der Waals surface area contributed by atoms with Gasteiger partial charge in [0.25, 0.3) is 0 Å². The zero-order valence-corrected chi connectivity index (χ0v) is 10.2. The van der Waals surface area contributed by atoms with Gasteiger partial charge >= 0.3 is 5.97 Å². The van der Waals surface area contributed by atoms with Crippen molar-refractivity contribution in [3.05, 3.63) is 0 Å². The van der Waals surface area contributed by atoms with Gasteiger partial charge in [0.1, 0.15) is 6.04 Å². The van der Waals surface area contributed by atoms with Crippen LogP contribution >= 0.6 is 0 Å². The van der Waals surface area contributed by atoms with E-state index in [0.717, 1.165) is 24.9 Å².